The molecule has 0 amide bonds. The fourth-order valence-corrected chi connectivity index (χ4v) is 3.29. The second-order valence-electron chi connectivity index (χ2n) is 6.91. The van der Waals surface area contributed by atoms with E-state index in [0.717, 1.165) is 22.3 Å². The third-order valence-corrected chi connectivity index (χ3v) is 4.90. The van der Waals surface area contributed by atoms with Crippen LogP contribution in [-0.2, 0) is 11.3 Å². The molecule has 0 saturated heterocycles. The Morgan fingerprint density at radius 2 is 1.77 bits per heavy atom. The Labute approximate surface area is 179 Å². The van der Waals surface area contributed by atoms with Gasteiger partial charge in [0.2, 0.25) is 0 Å². The molecule has 0 fully saturated rings. The molecule has 2 N–H and O–H groups in total. The fraction of sp³-hybridized carbons (Fsp3) is 0.125. The minimum Gasteiger partial charge on any atom is -0.494 e. The lowest BCUT2D eigenvalue weighted by molar-refractivity contribution is 0.182. The van der Waals surface area contributed by atoms with E-state index in [1.165, 1.54) is 6.20 Å². The Morgan fingerprint density at radius 1 is 1.10 bits per heavy atom. The molecule has 2 heterocycles. The van der Waals surface area contributed by atoms with Crippen molar-refractivity contribution < 1.29 is 9.94 Å². The Morgan fingerprint density at radius 3 is 2.45 bits per heavy atom. The first-order valence-electron chi connectivity index (χ1n) is 9.89. The summed E-state index contributed by atoms with van der Waals surface area (Å²) in [5.41, 5.74) is 3.56. The van der Waals surface area contributed by atoms with Crippen molar-refractivity contribution in [2.45, 2.75) is 13.5 Å². The zero-order valence-electron chi connectivity index (χ0n) is 17.1. The van der Waals surface area contributed by atoms with Gasteiger partial charge in [0.25, 0.3) is 0 Å². The van der Waals surface area contributed by atoms with Crippen LogP contribution in [0.4, 0.5) is 5.82 Å². The number of pyridine rings is 1. The predicted octanol–water partition coefficient (Wildman–Crippen LogP) is 4.32. The molecule has 156 valence electrons. The lowest BCUT2D eigenvalue weighted by atomic mass is 10.0. The number of hydrogen-bond donors (Lipinski definition) is 2. The number of benzene rings is 2. The van der Waals surface area contributed by atoms with Crippen LogP contribution < -0.4 is 11.0 Å². The highest BCUT2D eigenvalue weighted by molar-refractivity contribution is 5.86. The van der Waals surface area contributed by atoms with E-state index >= 15 is 0 Å². The molecule has 0 spiro atoms. The maximum absolute atomic E-state index is 11.9. The number of aromatic nitrogens is 3. The summed E-state index contributed by atoms with van der Waals surface area (Å²) in [5, 5.41) is 13.5. The van der Waals surface area contributed by atoms with E-state index in [-0.39, 0.29) is 5.65 Å². The van der Waals surface area contributed by atoms with Crippen LogP contribution in [0.5, 0.6) is 0 Å². The van der Waals surface area contributed by atoms with E-state index < -0.39 is 5.69 Å². The average molecular weight is 414 g/mol. The number of fused-ring (bicyclic) bond motifs is 1. The zero-order valence-corrected chi connectivity index (χ0v) is 17.1. The van der Waals surface area contributed by atoms with E-state index in [1.54, 1.807) is 12.1 Å². The molecule has 0 radical (unpaired) electrons. The Kier molecular flexibility index (Phi) is 5.66. The quantitative estimate of drug-likeness (QED) is 0.346. The summed E-state index contributed by atoms with van der Waals surface area (Å²) in [7, 11) is 0. The second-order valence-corrected chi connectivity index (χ2v) is 6.91. The molecule has 2 aromatic heterocycles. The maximum atomic E-state index is 11.9. The molecule has 0 saturated carbocycles. The van der Waals surface area contributed by atoms with Gasteiger partial charge in [0, 0.05) is 18.3 Å². The van der Waals surface area contributed by atoms with Crippen LogP contribution in [0, 0.1) is 0 Å². The maximum Gasteiger partial charge on any atom is 0.384 e. The number of ether oxygens (including phenoxy) is 1. The summed E-state index contributed by atoms with van der Waals surface area (Å²) in [5.74, 6) is 1.05. The highest BCUT2D eigenvalue weighted by atomic mass is 16.5. The van der Waals surface area contributed by atoms with Crippen LogP contribution >= 0.6 is 0 Å². The lowest BCUT2D eigenvalue weighted by Crippen LogP contribution is -2.23. The van der Waals surface area contributed by atoms with Crippen LogP contribution in [-0.4, -0.2) is 26.5 Å². The standard InChI is InChI=1S/C24H22N4O3/c1-3-31-16(2)18-10-12-20(13-11-18)19-8-6-17(7-9-19)15-26-22-21-5-4-14-25-23(21)28(30)24(29)27-22/h4-14,30H,2-3,15H2,1H3,(H,26,27,29). The molecule has 4 aromatic rings. The van der Waals surface area contributed by atoms with Gasteiger partial charge in [-0.2, -0.15) is 4.98 Å². The minimum atomic E-state index is -0.778. The van der Waals surface area contributed by atoms with Gasteiger partial charge < -0.3 is 15.3 Å². The molecule has 0 aliphatic heterocycles. The van der Waals surface area contributed by atoms with Crippen molar-refractivity contribution in [3.05, 3.63) is 95.1 Å². The van der Waals surface area contributed by atoms with Gasteiger partial charge in [-0.05, 0) is 35.7 Å². The van der Waals surface area contributed by atoms with Crippen molar-refractivity contribution in [1.29, 1.82) is 0 Å². The van der Waals surface area contributed by atoms with Gasteiger partial charge in [-0.1, -0.05) is 55.1 Å². The number of rotatable bonds is 7. The predicted molar refractivity (Wildman–Crippen MR) is 121 cm³/mol. The van der Waals surface area contributed by atoms with E-state index in [2.05, 4.69) is 21.9 Å². The Bertz CT molecular complexity index is 1280. The van der Waals surface area contributed by atoms with Crippen molar-refractivity contribution in [2.24, 2.45) is 0 Å². The van der Waals surface area contributed by atoms with Gasteiger partial charge >= 0.3 is 5.69 Å². The second kappa shape index (κ2) is 8.71. The van der Waals surface area contributed by atoms with Gasteiger partial charge in [0.15, 0.2) is 5.65 Å². The molecule has 7 heteroatoms. The van der Waals surface area contributed by atoms with E-state index in [9.17, 15) is 10.0 Å². The summed E-state index contributed by atoms with van der Waals surface area (Å²) in [6.07, 6.45) is 1.51. The van der Waals surface area contributed by atoms with Crippen LogP contribution in [0.2, 0.25) is 0 Å². The summed E-state index contributed by atoms with van der Waals surface area (Å²) in [6, 6.07) is 19.7. The highest BCUT2D eigenvalue weighted by Gasteiger charge is 2.10. The first-order chi connectivity index (χ1) is 15.1. The molecule has 0 aliphatic carbocycles. The van der Waals surface area contributed by atoms with E-state index in [0.29, 0.717) is 34.8 Å². The number of nitrogens with zero attached hydrogens (tertiary/aromatic N) is 3. The van der Waals surface area contributed by atoms with Crippen molar-refractivity contribution in [2.75, 3.05) is 11.9 Å². The van der Waals surface area contributed by atoms with Crippen molar-refractivity contribution >= 4 is 22.6 Å². The first kappa shape index (κ1) is 20.2. The number of nitrogens with one attached hydrogen (secondary N) is 1. The van der Waals surface area contributed by atoms with Gasteiger partial charge in [0.1, 0.15) is 11.6 Å². The highest BCUT2D eigenvalue weighted by Crippen LogP contribution is 2.23. The van der Waals surface area contributed by atoms with Crippen molar-refractivity contribution in [3.8, 4) is 11.1 Å². The van der Waals surface area contributed by atoms with Gasteiger partial charge in [-0.15, -0.1) is 4.73 Å². The molecule has 0 aliphatic rings. The van der Waals surface area contributed by atoms with Gasteiger partial charge in [-0.3, -0.25) is 0 Å². The molecular weight excluding hydrogens is 392 g/mol. The largest absolute Gasteiger partial charge is 0.494 e. The first-order valence-corrected chi connectivity index (χ1v) is 9.89. The molecule has 0 unspecified atom stereocenters. The summed E-state index contributed by atoms with van der Waals surface area (Å²) in [4.78, 5) is 19.8. The third-order valence-electron chi connectivity index (χ3n) is 4.90. The van der Waals surface area contributed by atoms with Crippen LogP contribution in [0.15, 0.2) is 78.2 Å². The minimum absolute atomic E-state index is 0.163. The zero-order chi connectivity index (χ0) is 21.8. The normalized spacial score (nSPS) is 10.7. The molecular formula is C24H22N4O3. The summed E-state index contributed by atoms with van der Waals surface area (Å²) >= 11 is 0. The third kappa shape index (κ3) is 4.25. The molecule has 0 atom stereocenters. The number of anilines is 1. The molecule has 2 aromatic carbocycles. The van der Waals surface area contributed by atoms with Crippen molar-refractivity contribution in [3.63, 3.8) is 0 Å². The number of hydrogen-bond acceptors (Lipinski definition) is 6. The summed E-state index contributed by atoms with van der Waals surface area (Å²) < 4.78 is 5.90. The average Bonchev–Trinajstić information content (AvgIpc) is 2.81. The molecule has 7 nitrogen and oxygen atoms in total. The molecule has 31 heavy (non-hydrogen) atoms. The van der Waals surface area contributed by atoms with E-state index in [4.69, 9.17) is 4.74 Å². The Balaban J connectivity index is 1.49. The lowest BCUT2D eigenvalue weighted by Gasteiger charge is -2.10. The topological polar surface area (TPSA) is 89.3 Å². The van der Waals surface area contributed by atoms with Gasteiger partial charge in [-0.25, -0.2) is 9.78 Å². The molecule has 4 rings (SSSR count). The smallest absolute Gasteiger partial charge is 0.384 e. The summed E-state index contributed by atoms with van der Waals surface area (Å²) in [6.45, 7) is 6.93. The van der Waals surface area contributed by atoms with Crippen molar-refractivity contribution in [1.82, 2.24) is 14.7 Å². The fourth-order valence-electron chi connectivity index (χ4n) is 3.29. The Hall–Kier alpha value is -4.13. The van der Waals surface area contributed by atoms with E-state index in [1.807, 2.05) is 55.5 Å². The molecule has 0 bridgehead atoms. The SMILES string of the molecule is C=C(OCC)c1ccc(-c2ccc(CNc3nc(=O)n(O)c4ncccc34)cc2)cc1. The van der Waals surface area contributed by atoms with Crippen LogP contribution in [0.1, 0.15) is 18.1 Å². The van der Waals surface area contributed by atoms with Crippen LogP contribution in [0.3, 0.4) is 0 Å². The monoisotopic (exact) mass is 414 g/mol. The van der Waals surface area contributed by atoms with Gasteiger partial charge in [0.05, 0.1) is 12.0 Å². The van der Waals surface area contributed by atoms with Crippen LogP contribution in [0.25, 0.3) is 27.9 Å².